The molecular weight excluding hydrogens is 562 g/mol. The molecule has 210 valence electrons. The number of H-pyrrole nitrogens is 1. The van der Waals surface area contributed by atoms with Gasteiger partial charge in [-0.1, -0.05) is 38.4 Å². The lowest BCUT2D eigenvalue weighted by molar-refractivity contribution is 0.262. The summed E-state index contributed by atoms with van der Waals surface area (Å²) in [6, 6.07) is 14.1. The van der Waals surface area contributed by atoms with E-state index in [2.05, 4.69) is 46.4 Å². The number of fused-ring (bicyclic) bond motifs is 1. The van der Waals surface area contributed by atoms with E-state index in [-0.39, 0.29) is 11.0 Å². The molecule has 2 amide bonds. The summed E-state index contributed by atoms with van der Waals surface area (Å²) in [4.78, 5) is 36.5. The van der Waals surface area contributed by atoms with Crippen molar-refractivity contribution in [2.45, 2.75) is 38.0 Å². The number of aromatic nitrogens is 5. The molecule has 3 N–H and O–H groups in total. The Kier molecular flexibility index (Phi) is 7.74. The molecule has 0 unspecified atom stereocenters. The Bertz CT molecular complexity index is 1830. The molecule has 3 heterocycles. The lowest BCUT2D eigenvalue weighted by Gasteiger charge is -2.14. The largest absolute Gasteiger partial charge is 0.455 e. The van der Waals surface area contributed by atoms with Gasteiger partial charge < -0.3 is 15.0 Å². The Labute approximate surface area is 245 Å². The van der Waals surface area contributed by atoms with Gasteiger partial charge in [-0.15, -0.1) is 11.8 Å². The molecule has 2 aromatic carbocycles. The lowest BCUT2D eigenvalue weighted by atomic mass is 9.92. The molecule has 0 aliphatic heterocycles. The van der Waals surface area contributed by atoms with Gasteiger partial charge in [0.1, 0.15) is 17.1 Å². The average Bonchev–Trinajstić information content (AvgIpc) is 3.35. The van der Waals surface area contributed by atoms with Gasteiger partial charge in [-0.05, 0) is 49.1 Å². The van der Waals surface area contributed by atoms with Crippen molar-refractivity contribution in [2.24, 2.45) is 0 Å². The van der Waals surface area contributed by atoms with Crippen molar-refractivity contribution in [3.05, 3.63) is 87.6 Å². The van der Waals surface area contributed by atoms with Crippen LogP contribution in [0.5, 0.6) is 11.5 Å². The maximum atomic E-state index is 13.2. The summed E-state index contributed by atoms with van der Waals surface area (Å²) in [6.07, 6.45) is 4.62. The Balaban J connectivity index is 1.38. The fourth-order valence-electron chi connectivity index (χ4n) is 3.99. The zero-order valence-electron chi connectivity index (χ0n) is 23.1. The van der Waals surface area contributed by atoms with Crippen LogP contribution in [-0.2, 0) is 5.41 Å². The van der Waals surface area contributed by atoms with Gasteiger partial charge in [0.25, 0.3) is 5.56 Å². The number of hydrogen-bond acceptors (Lipinski definition) is 7. The molecule has 5 rings (SSSR count). The highest BCUT2D eigenvalue weighted by atomic mass is 35.5. The zero-order chi connectivity index (χ0) is 29.3. The van der Waals surface area contributed by atoms with Crippen LogP contribution in [0.15, 0.2) is 70.6 Å². The van der Waals surface area contributed by atoms with Gasteiger partial charge in [0.2, 0.25) is 0 Å². The molecule has 10 nitrogen and oxygen atoms in total. The number of anilines is 2. The predicted molar refractivity (Wildman–Crippen MR) is 163 cm³/mol. The molecule has 0 bridgehead atoms. The summed E-state index contributed by atoms with van der Waals surface area (Å²) in [6.45, 7) is 8.11. The Morgan fingerprint density at radius 3 is 2.61 bits per heavy atom. The topological polar surface area (TPSA) is 127 Å². The van der Waals surface area contributed by atoms with Crippen molar-refractivity contribution in [1.29, 1.82) is 0 Å². The second-order valence-electron chi connectivity index (χ2n) is 10.3. The molecular formula is C29H28ClN7O3S. The number of nitrogens with zero attached hydrogens (tertiary/aromatic N) is 4. The molecule has 0 spiro atoms. The maximum absolute atomic E-state index is 13.2. The van der Waals surface area contributed by atoms with E-state index in [4.69, 9.17) is 21.4 Å². The highest BCUT2D eigenvalue weighted by Gasteiger charge is 2.22. The number of urea groups is 1. The number of pyridine rings is 1. The van der Waals surface area contributed by atoms with Gasteiger partial charge in [0.15, 0.2) is 11.4 Å². The third-order valence-electron chi connectivity index (χ3n) is 6.21. The van der Waals surface area contributed by atoms with Crippen molar-refractivity contribution in [3.63, 3.8) is 0 Å². The third-order valence-corrected chi connectivity index (χ3v) is 7.39. The van der Waals surface area contributed by atoms with Crippen molar-refractivity contribution < 1.29 is 9.53 Å². The molecule has 0 radical (unpaired) electrons. The van der Waals surface area contributed by atoms with Gasteiger partial charge in [-0.2, -0.15) is 5.10 Å². The van der Waals surface area contributed by atoms with Crippen molar-refractivity contribution in [3.8, 4) is 17.2 Å². The van der Waals surface area contributed by atoms with Crippen LogP contribution in [0.2, 0.25) is 5.02 Å². The van der Waals surface area contributed by atoms with Gasteiger partial charge in [0.05, 0.1) is 23.3 Å². The number of halogens is 1. The molecule has 5 aromatic rings. The van der Waals surface area contributed by atoms with E-state index < -0.39 is 6.03 Å². The highest BCUT2D eigenvalue weighted by Crippen LogP contribution is 2.34. The van der Waals surface area contributed by atoms with Crippen LogP contribution in [0, 0.1) is 6.92 Å². The Hall–Kier alpha value is -4.35. The molecule has 0 aliphatic rings. The van der Waals surface area contributed by atoms with Crippen LogP contribution in [0.4, 0.5) is 16.3 Å². The molecule has 0 saturated heterocycles. The molecule has 12 heteroatoms. The Morgan fingerprint density at radius 2 is 1.88 bits per heavy atom. The van der Waals surface area contributed by atoms with Gasteiger partial charge in [0, 0.05) is 33.7 Å². The van der Waals surface area contributed by atoms with Crippen LogP contribution in [0.3, 0.4) is 0 Å². The van der Waals surface area contributed by atoms with E-state index in [0.29, 0.717) is 39.2 Å². The van der Waals surface area contributed by atoms with Gasteiger partial charge in [-0.3, -0.25) is 10.1 Å². The lowest BCUT2D eigenvalue weighted by Crippen LogP contribution is -2.21. The first-order chi connectivity index (χ1) is 19.5. The van der Waals surface area contributed by atoms with E-state index >= 15 is 0 Å². The number of thioether (sulfide) groups is 1. The van der Waals surface area contributed by atoms with Crippen LogP contribution >= 0.6 is 23.4 Å². The number of benzene rings is 2. The second-order valence-corrected chi connectivity index (χ2v) is 11.6. The van der Waals surface area contributed by atoms with E-state index in [0.717, 1.165) is 21.8 Å². The van der Waals surface area contributed by atoms with E-state index in [1.54, 1.807) is 22.9 Å². The normalized spacial score (nSPS) is 11.5. The minimum Gasteiger partial charge on any atom is -0.455 e. The summed E-state index contributed by atoms with van der Waals surface area (Å²) in [5.41, 5.74) is 3.28. The molecule has 41 heavy (non-hydrogen) atoms. The summed E-state index contributed by atoms with van der Waals surface area (Å²) in [5.74, 6) is 1.48. The first-order valence-corrected chi connectivity index (χ1v) is 14.3. The molecule has 0 atom stereocenters. The van der Waals surface area contributed by atoms with Crippen molar-refractivity contribution in [1.82, 2.24) is 24.7 Å². The molecule has 0 fully saturated rings. The smallest absolute Gasteiger partial charge is 0.324 e. The number of ether oxygens (including phenoxy) is 1. The average molecular weight is 590 g/mol. The zero-order valence-corrected chi connectivity index (χ0v) is 24.6. The number of carbonyl (C=O) groups excluding carboxylic acids is 1. The number of nitrogens with one attached hydrogen (secondary N) is 3. The minimum absolute atomic E-state index is 0.237. The quantitative estimate of drug-likeness (QED) is 0.183. The number of aromatic amines is 1. The van der Waals surface area contributed by atoms with Gasteiger partial charge in [-0.25, -0.2) is 19.4 Å². The SMILES string of the molecule is CSc1cc(Oc2ccnc3[nH]c(=O)cnc23)ccc1NC(=O)Nc1cc(C(C)(C)C)nn1-c1ccc(C)c(Cl)c1. The summed E-state index contributed by atoms with van der Waals surface area (Å²) in [7, 11) is 0. The number of aryl methyl sites for hydroxylation is 1. The fraction of sp³-hybridized carbons (Fsp3) is 0.207. The third kappa shape index (κ3) is 6.21. The number of amides is 2. The minimum atomic E-state index is -0.429. The maximum Gasteiger partial charge on any atom is 0.324 e. The first kappa shape index (κ1) is 28.2. The van der Waals surface area contributed by atoms with Crippen LogP contribution < -0.4 is 20.9 Å². The number of rotatable bonds is 6. The molecule has 3 aromatic heterocycles. The summed E-state index contributed by atoms with van der Waals surface area (Å²) in [5, 5.41) is 11.2. The molecule has 0 saturated carbocycles. The monoisotopic (exact) mass is 589 g/mol. The number of carbonyl (C=O) groups is 1. The van der Waals surface area contributed by atoms with Crippen LogP contribution in [-0.4, -0.2) is 37.0 Å². The van der Waals surface area contributed by atoms with Crippen molar-refractivity contribution in [2.75, 3.05) is 16.9 Å². The highest BCUT2D eigenvalue weighted by molar-refractivity contribution is 7.98. The van der Waals surface area contributed by atoms with E-state index in [9.17, 15) is 9.59 Å². The van der Waals surface area contributed by atoms with E-state index in [1.165, 1.54) is 24.2 Å². The predicted octanol–water partition coefficient (Wildman–Crippen LogP) is 6.92. The second kappa shape index (κ2) is 11.3. The van der Waals surface area contributed by atoms with Crippen LogP contribution in [0.1, 0.15) is 32.0 Å². The van der Waals surface area contributed by atoms with Crippen LogP contribution in [0.25, 0.3) is 16.9 Å². The Morgan fingerprint density at radius 1 is 1.07 bits per heavy atom. The number of hydrogen-bond donors (Lipinski definition) is 3. The fourth-order valence-corrected chi connectivity index (χ4v) is 4.74. The van der Waals surface area contributed by atoms with E-state index in [1.807, 2.05) is 43.5 Å². The summed E-state index contributed by atoms with van der Waals surface area (Å²) < 4.78 is 7.74. The van der Waals surface area contributed by atoms with Gasteiger partial charge >= 0.3 is 6.03 Å². The molecule has 0 aliphatic carbocycles. The van der Waals surface area contributed by atoms with Crippen molar-refractivity contribution >= 4 is 52.1 Å². The summed E-state index contributed by atoms with van der Waals surface area (Å²) >= 11 is 7.84. The first-order valence-electron chi connectivity index (χ1n) is 12.7. The standard InChI is InChI=1S/C29H28ClN7O3S/c1-16-6-7-17(12-19(16)30)37-24(14-23(36-37)29(2,3)4)34-28(39)33-20-9-8-18(13-22(20)41-5)40-21-10-11-31-27-26(21)32-15-25(38)35-27/h6-15H,1-5H3,(H,31,35,38)(H2,33,34,39).